The van der Waals surface area contributed by atoms with Crippen molar-refractivity contribution in [1.82, 2.24) is 10.3 Å². The van der Waals surface area contributed by atoms with Crippen LogP contribution in [0.1, 0.15) is 68.8 Å². The van der Waals surface area contributed by atoms with Gasteiger partial charge in [-0.3, -0.25) is 14.4 Å². The largest absolute Gasteiger partial charge is 0.481 e. The number of sulfonamides is 2. The molecule has 10 N–H and O–H groups in total. The number of nitrogens with zero attached hydrogens (tertiary/aromatic N) is 2. The van der Waals surface area contributed by atoms with E-state index in [1.165, 1.54) is 61.2 Å². The van der Waals surface area contributed by atoms with Gasteiger partial charge in [-0.15, -0.1) is 0 Å². The maximum Gasteiger partial charge on any atom is 0.339 e. The van der Waals surface area contributed by atoms with Crippen LogP contribution < -0.4 is 26.2 Å². The molecule has 0 spiro atoms. The number of anilines is 6. The van der Waals surface area contributed by atoms with Crippen molar-refractivity contribution >= 4 is 161 Å². The summed E-state index contributed by atoms with van der Waals surface area (Å²) in [6.45, 7) is 7.81. The van der Waals surface area contributed by atoms with Crippen molar-refractivity contribution in [1.29, 1.82) is 0 Å². The SMILES string of the molecule is C.CS(=O)(=O)c1ccc(C2=C(c3ccccc3)C(=O)OC2)cc1.CS(=O)(=O)c1ccc(C2=C(c3ccccc3)C(=O)OC2)cc1.Cc1ccc(Nc2c(Cl)cccc2Cl)c(CC(=O)O)c1.Cc1ccc(Nc2c(F)cccc2Cl)c(CC(=O)O)c1.Cc1ccc(Nc2c(F)cccc2F)c(CC(=O)O)c1.Cc1onc(-c2ccccc2)c1-c1ccc(S(N)(=O)=O)cc1.NS(=O)(=O)c1ccc(-c2conc2-c2ccccc2)cc1. The Morgan fingerprint density at radius 2 is 0.676 bits per heavy atom. The van der Waals surface area contributed by atoms with Crippen LogP contribution in [0, 0.1) is 45.1 Å². The second kappa shape index (κ2) is 50.8. The van der Waals surface area contributed by atoms with Crippen molar-refractivity contribution < 1.29 is 105 Å². The molecule has 37 heteroatoms. The fraction of sp³-hybridized carbons (Fsp3) is 0.108. The highest BCUT2D eigenvalue weighted by atomic mass is 35.5. The van der Waals surface area contributed by atoms with E-state index in [2.05, 4.69) is 26.3 Å². The average Bonchev–Trinajstić information content (AvgIpc) is 1.65. The number of carboxylic acid groups (broad SMARTS) is 3. The summed E-state index contributed by atoms with van der Waals surface area (Å²) >= 11 is 18.2. The minimum absolute atomic E-state index is 0. The predicted molar refractivity (Wildman–Crippen MR) is 568 cm³/mol. The summed E-state index contributed by atoms with van der Waals surface area (Å²) in [5, 5.41) is 55.0. The summed E-state index contributed by atoms with van der Waals surface area (Å²) in [6.07, 6.45) is 3.44. The molecule has 0 aliphatic carbocycles. The quantitative estimate of drug-likeness (QED) is 0.0260. The van der Waals surface area contributed by atoms with E-state index in [-0.39, 0.29) is 87.8 Å². The molecule has 4 heterocycles. The number of halogens is 6. The van der Waals surface area contributed by atoms with Gasteiger partial charge in [-0.1, -0.05) is 294 Å². The van der Waals surface area contributed by atoms with E-state index in [9.17, 15) is 70.8 Å². The number of aromatic nitrogens is 2. The van der Waals surface area contributed by atoms with Crippen molar-refractivity contribution in [2.24, 2.45) is 10.3 Å². The molecular formula is C111H97Cl3F3N7O20S4. The number of aliphatic carboxylic acids is 3. The Balaban J connectivity index is 0.000000164. The third-order valence-electron chi connectivity index (χ3n) is 22.1. The Morgan fingerprint density at radius 3 is 1.03 bits per heavy atom. The molecule has 27 nitrogen and oxygen atoms in total. The first-order chi connectivity index (χ1) is 69.9. The number of para-hydroxylation sites is 3. The van der Waals surface area contributed by atoms with E-state index >= 15 is 0 Å². The first-order valence-electron chi connectivity index (χ1n) is 44.2. The number of esters is 2. The van der Waals surface area contributed by atoms with Gasteiger partial charge in [0, 0.05) is 57.4 Å². The Hall–Kier alpha value is -15.9. The molecule has 0 saturated carbocycles. The van der Waals surface area contributed by atoms with Gasteiger partial charge in [0.15, 0.2) is 19.7 Å². The molecule has 0 bridgehead atoms. The zero-order valence-corrected chi connectivity index (χ0v) is 84.6. The van der Waals surface area contributed by atoms with Gasteiger partial charge in [0.2, 0.25) is 20.0 Å². The molecule has 18 rings (SSSR count). The molecule has 2 aliphatic heterocycles. The third kappa shape index (κ3) is 30.6. The minimum atomic E-state index is -3.70. The molecule has 0 radical (unpaired) electrons. The molecule has 148 heavy (non-hydrogen) atoms. The lowest BCUT2D eigenvalue weighted by molar-refractivity contribution is -0.137. The first-order valence-corrected chi connectivity index (χ1v) is 52.3. The Bertz CT molecular complexity index is 7600. The maximum atomic E-state index is 13.7. The number of nitrogens with one attached hydrogen (secondary N) is 3. The predicted octanol–water partition coefficient (Wildman–Crippen LogP) is 23.8. The highest BCUT2D eigenvalue weighted by Crippen LogP contribution is 2.41. The number of hydrogen-bond acceptors (Lipinski definition) is 22. The second-order valence-electron chi connectivity index (χ2n) is 33.0. The fourth-order valence-corrected chi connectivity index (χ4v) is 18.0. The number of carboxylic acids is 3. The Kier molecular flexibility index (Phi) is 38.6. The van der Waals surface area contributed by atoms with Gasteiger partial charge in [-0.25, -0.2) is 66.7 Å². The van der Waals surface area contributed by atoms with E-state index in [1.54, 1.807) is 127 Å². The van der Waals surface area contributed by atoms with Crippen LogP contribution in [0.3, 0.4) is 0 Å². The van der Waals surface area contributed by atoms with Gasteiger partial charge in [0.1, 0.15) is 59.8 Å². The number of hydrogen-bond donors (Lipinski definition) is 8. The van der Waals surface area contributed by atoms with Crippen LogP contribution in [0.15, 0.2) is 362 Å². The van der Waals surface area contributed by atoms with E-state index in [0.29, 0.717) is 72.1 Å². The van der Waals surface area contributed by atoms with Crippen molar-refractivity contribution in [3.05, 3.63) is 428 Å². The first kappa shape index (κ1) is 112. The average molecular weight is 2140 g/mol. The molecule has 0 atom stereocenters. The number of aryl methyl sites for hydroxylation is 4. The van der Waals surface area contributed by atoms with Gasteiger partial charge in [-0.05, 0) is 181 Å². The van der Waals surface area contributed by atoms with E-state index in [0.717, 1.165) is 101 Å². The topological polar surface area (TPSA) is 441 Å². The molecule has 16 aromatic rings. The normalized spacial score (nSPS) is 12.0. The van der Waals surface area contributed by atoms with Gasteiger partial charge >= 0.3 is 29.8 Å². The summed E-state index contributed by atoms with van der Waals surface area (Å²) in [5.74, 6) is -4.82. The zero-order valence-electron chi connectivity index (χ0n) is 79.0. The van der Waals surface area contributed by atoms with E-state index in [1.807, 2.05) is 173 Å². The van der Waals surface area contributed by atoms with Crippen molar-refractivity contribution in [2.75, 3.05) is 41.7 Å². The lowest BCUT2D eigenvalue weighted by atomic mass is 9.97. The number of nitrogens with two attached hydrogens (primary N) is 2. The standard InChI is InChI=1S/2C17H14O4S.C16H14N2O3S.C15H13Cl2NO2.C15H13ClFNO2.C15H13F2NO2.C15H12N2O3S.CH4/c2*1-22(19,20)14-9-7-12(8-10-14)15-11-21-17(18)16(15)13-5-3-2-4-6-13;1-11-15(12-7-9-14(10-8-12)22(17,19)20)16(18-21-11)13-5-3-2-4-6-13;3*1-9-5-6-13(10(7-9)8-14(19)20)18-15-11(16)3-2-4-12(15)17;16-21(18,19)13-8-6-11(7-9-13)14-10-20-17-15(14)12-4-2-1-3-5-12;/h2*2-10H,11H2,1H3;2-10H,1H3,(H2,17,19,20);3*2-7,18H,8H2,1H3,(H,19,20);1-10H,(H2,16,18,19);1H4. The van der Waals surface area contributed by atoms with Crippen LogP contribution in [0.4, 0.5) is 47.3 Å². The zero-order chi connectivity index (χ0) is 106. The maximum absolute atomic E-state index is 13.7. The van der Waals surface area contributed by atoms with Gasteiger partial charge in [-0.2, -0.15) is 0 Å². The summed E-state index contributed by atoms with van der Waals surface area (Å²) in [7, 11) is -13.9. The number of primary sulfonamides is 2. The molecule has 2 aliphatic rings. The van der Waals surface area contributed by atoms with E-state index in [4.69, 9.17) is 78.9 Å². The number of benzene rings is 14. The smallest absolute Gasteiger partial charge is 0.339 e. The van der Waals surface area contributed by atoms with Crippen LogP contribution in [0.2, 0.25) is 15.1 Å². The number of rotatable bonds is 24. The molecule has 0 fully saturated rings. The number of cyclic esters (lactones) is 2. The van der Waals surface area contributed by atoms with Crippen LogP contribution >= 0.6 is 34.8 Å². The lowest BCUT2D eigenvalue weighted by Crippen LogP contribution is -2.11. The number of ether oxygens (including phenoxy) is 2. The van der Waals surface area contributed by atoms with Crippen LogP contribution in [0.25, 0.3) is 67.1 Å². The van der Waals surface area contributed by atoms with Crippen LogP contribution in [-0.2, 0) is 92.4 Å². The van der Waals surface area contributed by atoms with Crippen molar-refractivity contribution in [3.63, 3.8) is 0 Å². The van der Waals surface area contributed by atoms with Crippen molar-refractivity contribution in [3.8, 4) is 44.8 Å². The molecule has 762 valence electrons. The highest BCUT2D eigenvalue weighted by molar-refractivity contribution is 7.91. The van der Waals surface area contributed by atoms with Crippen LogP contribution in [-0.4, -0.2) is 115 Å². The summed E-state index contributed by atoms with van der Waals surface area (Å²) in [5.41, 5.74) is 18.9. The van der Waals surface area contributed by atoms with E-state index < -0.39 is 75.1 Å². The molecule has 0 unspecified atom stereocenters. The minimum Gasteiger partial charge on any atom is -0.481 e. The summed E-state index contributed by atoms with van der Waals surface area (Å²) < 4.78 is 153. The Labute approximate surface area is 867 Å². The highest BCUT2D eigenvalue weighted by Gasteiger charge is 2.30. The number of carbonyl (C=O) groups excluding carboxylic acids is 2. The summed E-state index contributed by atoms with van der Waals surface area (Å²) in [6, 6.07) is 92.5. The second-order valence-corrected chi connectivity index (χ2v) is 41.3. The van der Waals surface area contributed by atoms with Crippen molar-refractivity contribution in [2.45, 2.75) is 74.0 Å². The number of sulfone groups is 2. The monoisotopic (exact) mass is 2140 g/mol. The summed E-state index contributed by atoms with van der Waals surface area (Å²) in [4.78, 5) is 57.3. The Morgan fingerprint density at radius 1 is 0.365 bits per heavy atom. The third-order valence-corrected chi connectivity index (χ3v) is 27.1. The molecule has 2 aromatic heterocycles. The lowest BCUT2D eigenvalue weighted by Gasteiger charge is -2.14. The van der Waals surface area contributed by atoms with Gasteiger partial charge in [0.05, 0.1) is 82.0 Å². The van der Waals surface area contributed by atoms with Gasteiger partial charge in [0.25, 0.3) is 0 Å². The molecule has 0 amide bonds. The molecular weight excluding hydrogens is 2040 g/mol. The molecule has 0 saturated heterocycles. The number of carbonyl (C=O) groups is 5. The van der Waals surface area contributed by atoms with Crippen LogP contribution in [0.5, 0.6) is 0 Å². The molecule has 14 aromatic carbocycles. The fourth-order valence-electron chi connectivity index (χ4n) is 15.0. The van der Waals surface area contributed by atoms with Gasteiger partial charge < -0.3 is 49.8 Å².